The second kappa shape index (κ2) is 6.65. The van der Waals surface area contributed by atoms with Gasteiger partial charge in [0.05, 0.1) is 12.2 Å². The van der Waals surface area contributed by atoms with Gasteiger partial charge in [-0.05, 0) is 45.6 Å². The summed E-state index contributed by atoms with van der Waals surface area (Å²) < 4.78 is 11.5. The first kappa shape index (κ1) is 15.3. The van der Waals surface area contributed by atoms with Crippen LogP contribution < -0.4 is 4.74 Å². The minimum absolute atomic E-state index is 0.0309. The molecule has 0 N–H and O–H groups in total. The van der Waals surface area contributed by atoms with Crippen LogP contribution in [0.1, 0.15) is 37.9 Å². The molecule has 2 unspecified atom stereocenters. The molecule has 2 atom stereocenters. The van der Waals surface area contributed by atoms with Gasteiger partial charge in [0.25, 0.3) is 5.91 Å². The molecular formula is C17H24N2O3. The highest BCUT2D eigenvalue weighted by atomic mass is 16.5. The number of aromatic nitrogens is 1. The number of hydrogen-bond acceptors (Lipinski definition) is 4. The van der Waals surface area contributed by atoms with Crippen LogP contribution in [0.5, 0.6) is 5.75 Å². The molecule has 0 bridgehead atoms. The Bertz CT molecular complexity index is 537. The van der Waals surface area contributed by atoms with E-state index >= 15 is 0 Å². The van der Waals surface area contributed by atoms with E-state index in [1.54, 1.807) is 6.20 Å². The fourth-order valence-corrected chi connectivity index (χ4v) is 3.34. The third-order valence-corrected chi connectivity index (χ3v) is 4.32. The van der Waals surface area contributed by atoms with E-state index in [-0.39, 0.29) is 24.7 Å². The van der Waals surface area contributed by atoms with Gasteiger partial charge >= 0.3 is 0 Å². The third-order valence-electron chi connectivity index (χ3n) is 4.32. The Morgan fingerprint density at radius 3 is 2.82 bits per heavy atom. The van der Waals surface area contributed by atoms with Crippen molar-refractivity contribution in [3.63, 3.8) is 0 Å². The lowest BCUT2D eigenvalue weighted by Gasteiger charge is -2.35. The highest BCUT2D eigenvalue weighted by molar-refractivity contribution is 5.78. The van der Waals surface area contributed by atoms with Crippen molar-refractivity contribution in [2.24, 2.45) is 0 Å². The van der Waals surface area contributed by atoms with Crippen LogP contribution in [0.2, 0.25) is 0 Å². The Kier molecular flexibility index (Phi) is 4.62. The fraction of sp³-hybridized carbons (Fsp3) is 0.647. The predicted octanol–water partition coefficient (Wildman–Crippen LogP) is 1.97. The summed E-state index contributed by atoms with van der Waals surface area (Å²) in [5.41, 5.74) is 2.31. The Balaban J connectivity index is 1.62. The molecule has 1 aliphatic carbocycles. The second-order valence-electron chi connectivity index (χ2n) is 6.29. The molecule has 5 heteroatoms. The topological polar surface area (TPSA) is 51.7 Å². The molecule has 1 aromatic rings. The highest BCUT2D eigenvalue weighted by Crippen LogP contribution is 2.27. The van der Waals surface area contributed by atoms with E-state index < -0.39 is 0 Å². The van der Waals surface area contributed by atoms with E-state index in [4.69, 9.17) is 9.47 Å². The number of amides is 1. The number of carbonyl (C=O) groups excluding carboxylic acids is 1. The molecule has 0 saturated carbocycles. The number of carbonyl (C=O) groups is 1. The van der Waals surface area contributed by atoms with Gasteiger partial charge in [-0.2, -0.15) is 0 Å². The molecule has 0 radical (unpaired) electrons. The molecule has 1 amide bonds. The molecule has 22 heavy (non-hydrogen) atoms. The summed E-state index contributed by atoms with van der Waals surface area (Å²) in [7, 11) is 0. The molecule has 0 aromatic carbocycles. The summed E-state index contributed by atoms with van der Waals surface area (Å²) in [6.45, 7) is 5.37. The molecule has 1 fully saturated rings. The van der Waals surface area contributed by atoms with Crippen LogP contribution in [0.4, 0.5) is 0 Å². The van der Waals surface area contributed by atoms with Crippen molar-refractivity contribution in [3.05, 3.63) is 23.5 Å². The zero-order valence-corrected chi connectivity index (χ0v) is 13.4. The van der Waals surface area contributed by atoms with Crippen LogP contribution in [0, 0.1) is 0 Å². The van der Waals surface area contributed by atoms with Crippen molar-refractivity contribution in [3.8, 4) is 5.75 Å². The van der Waals surface area contributed by atoms with Crippen LogP contribution in [0.3, 0.4) is 0 Å². The fourth-order valence-electron chi connectivity index (χ4n) is 3.34. The maximum absolute atomic E-state index is 12.4. The lowest BCUT2D eigenvalue weighted by Crippen LogP contribution is -2.49. The second-order valence-corrected chi connectivity index (χ2v) is 6.29. The summed E-state index contributed by atoms with van der Waals surface area (Å²) in [6, 6.07) is 1.88. The van der Waals surface area contributed by atoms with Crippen LogP contribution in [0.25, 0.3) is 0 Å². The zero-order chi connectivity index (χ0) is 15.5. The zero-order valence-electron chi connectivity index (χ0n) is 13.4. The van der Waals surface area contributed by atoms with Crippen molar-refractivity contribution in [1.29, 1.82) is 0 Å². The number of rotatable bonds is 3. The monoisotopic (exact) mass is 304 g/mol. The van der Waals surface area contributed by atoms with Gasteiger partial charge in [0.1, 0.15) is 5.75 Å². The summed E-state index contributed by atoms with van der Waals surface area (Å²) in [5, 5.41) is 0. The molecule has 2 heterocycles. The van der Waals surface area contributed by atoms with Gasteiger partial charge in [-0.25, -0.2) is 0 Å². The van der Waals surface area contributed by atoms with E-state index in [2.05, 4.69) is 4.98 Å². The maximum Gasteiger partial charge on any atom is 0.260 e. The van der Waals surface area contributed by atoms with Crippen molar-refractivity contribution >= 4 is 5.91 Å². The van der Waals surface area contributed by atoms with Gasteiger partial charge in [-0.1, -0.05) is 0 Å². The number of ether oxygens (including phenoxy) is 2. The summed E-state index contributed by atoms with van der Waals surface area (Å²) >= 11 is 0. The number of aryl methyl sites for hydroxylation is 1. The average molecular weight is 304 g/mol. The molecule has 3 rings (SSSR count). The molecule has 1 saturated heterocycles. The number of morpholine rings is 1. The first-order valence-electron chi connectivity index (χ1n) is 8.16. The lowest BCUT2D eigenvalue weighted by molar-refractivity contribution is -0.145. The largest absolute Gasteiger partial charge is 0.483 e. The summed E-state index contributed by atoms with van der Waals surface area (Å²) in [6.07, 6.45) is 6.32. The van der Waals surface area contributed by atoms with E-state index in [0.29, 0.717) is 13.1 Å². The number of nitrogens with zero attached hydrogens (tertiary/aromatic N) is 2. The van der Waals surface area contributed by atoms with E-state index in [9.17, 15) is 4.79 Å². The van der Waals surface area contributed by atoms with Crippen molar-refractivity contribution in [2.75, 3.05) is 19.7 Å². The van der Waals surface area contributed by atoms with E-state index in [1.807, 2.05) is 24.8 Å². The van der Waals surface area contributed by atoms with E-state index in [0.717, 1.165) is 24.3 Å². The van der Waals surface area contributed by atoms with Crippen molar-refractivity contribution in [1.82, 2.24) is 9.88 Å². The highest BCUT2D eigenvalue weighted by Gasteiger charge is 2.26. The number of hydrogen-bond donors (Lipinski definition) is 0. The van der Waals surface area contributed by atoms with Gasteiger partial charge in [0.15, 0.2) is 6.61 Å². The Morgan fingerprint density at radius 2 is 2.05 bits per heavy atom. The smallest absolute Gasteiger partial charge is 0.260 e. The SMILES string of the molecule is CC1CN(C(=O)COc2ccnc3c2CCCC3)CC(C)O1. The van der Waals surface area contributed by atoms with Crippen molar-refractivity contribution in [2.45, 2.75) is 51.7 Å². The predicted molar refractivity (Wildman–Crippen MR) is 83.0 cm³/mol. The van der Waals surface area contributed by atoms with Gasteiger partial charge in [-0.3, -0.25) is 9.78 Å². The quantitative estimate of drug-likeness (QED) is 0.857. The Labute approximate surface area is 131 Å². The molecule has 5 nitrogen and oxygen atoms in total. The molecule has 1 aliphatic heterocycles. The van der Waals surface area contributed by atoms with E-state index in [1.165, 1.54) is 18.4 Å². The number of pyridine rings is 1. The maximum atomic E-state index is 12.4. The molecule has 1 aromatic heterocycles. The minimum Gasteiger partial charge on any atom is -0.483 e. The number of fused-ring (bicyclic) bond motifs is 1. The first-order valence-corrected chi connectivity index (χ1v) is 8.16. The van der Waals surface area contributed by atoms with Gasteiger partial charge in [-0.15, -0.1) is 0 Å². The van der Waals surface area contributed by atoms with Gasteiger partial charge < -0.3 is 14.4 Å². The van der Waals surface area contributed by atoms with Crippen LogP contribution in [-0.4, -0.2) is 47.7 Å². The van der Waals surface area contributed by atoms with Gasteiger partial charge in [0.2, 0.25) is 0 Å². The van der Waals surface area contributed by atoms with Crippen molar-refractivity contribution < 1.29 is 14.3 Å². The minimum atomic E-state index is 0.0309. The molecule has 120 valence electrons. The average Bonchev–Trinajstić information content (AvgIpc) is 2.51. The van der Waals surface area contributed by atoms with Crippen LogP contribution in [-0.2, 0) is 22.4 Å². The Morgan fingerprint density at radius 1 is 1.32 bits per heavy atom. The molecule has 0 spiro atoms. The van der Waals surface area contributed by atoms with Crippen LogP contribution in [0.15, 0.2) is 12.3 Å². The standard InChI is InChI=1S/C17H24N2O3/c1-12-9-19(10-13(2)22-12)17(20)11-21-16-7-8-18-15-6-4-3-5-14(15)16/h7-8,12-13H,3-6,9-11H2,1-2H3. The molecular weight excluding hydrogens is 280 g/mol. The molecule has 2 aliphatic rings. The van der Waals surface area contributed by atoms with Gasteiger partial charge in [0, 0.05) is 30.5 Å². The summed E-state index contributed by atoms with van der Waals surface area (Å²) in [5.74, 6) is 0.857. The normalized spacial score (nSPS) is 24.7. The third kappa shape index (κ3) is 3.40. The Hall–Kier alpha value is -1.62. The first-order chi connectivity index (χ1) is 10.6. The summed E-state index contributed by atoms with van der Waals surface area (Å²) in [4.78, 5) is 18.6. The lowest BCUT2D eigenvalue weighted by atomic mass is 9.95. The van der Waals surface area contributed by atoms with Crippen LogP contribution >= 0.6 is 0 Å².